The Morgan fingerprint density at radius 1 is 1.50 bits per heavy atom. The van der Waals surface area contributed by atoms with E-state index >= 15 is 0 Å². The van der Waals surface area contributed by atoms with E-state index in [4.69, 9.17) is 21.4 Å². The average Bonchev–Trinajstić information content (AvgIpc) is 2.45. The Morgan fingerprint density at radius 3 is 3.10 bits per heavy atom. The fourth-order valence-electron chi connectivity index (χ4n) is 1.80. The number of allylic oxidation sites excluding steroid dienone is 7. The molecule has 0 aromatic carbocycles. The number of rotatable bonds is 4. The van der Waals surface area contributed by atoms with Gasteiger partial charge in [-0.05, 0) is 36.6 Å². The number of alkyl halides is 1. The first-order valence-corrected chi connectivity index (χ1v) is 6.92. The van der Waals surface area contributed by atoms with Crippen LogP contribution >= 0.6 is 11.6 Å². The maximum Gasteiger partial charge on any atom is 0.267 e. The molecule has 0 spiro atoms. The smallest absolute Gasteiger partial charge is 0.267 e. The molecule has 1 unspecified atom stereocenters. The lowest BCUT2D eigenvalue weighted by Gasteiger charge is -2.19. The highest BCUT2D eigenvalue weighted by Gasteiger charge is 2.10. The first kappa shape index (κ1) is 14.5. The van der Waals surface area contributed by atoms with Crippen LogP contribution in [0, 0.1) is 0 Å². The largest absolute Gasteiger partial charge is 0.516 e. The van der Waals surface area contributed by atoms with Crippen molar-refractivity contribution in [3.8, 4) is 0 Å². The zero-order valence-electron chi connectivity index (χ0n) is 11.0. The summed E-state index contributed by atoms with van der Waals surface area (Å²) in [5.41, 5.74) is 2.00. The molecule has 0 aromatic rings. The second kappa shape index (κ2) is 7.60. The van der Waals surface area contributed by atoms with E-state index in [2.05, 4.69) is 10.3 Å². The predicted molar refractivity (Wildman–Crippen MR) is 81.6 cm³/mol. The van der Waals surface area contributed by atoms with Gasteiger partial charge in [-0.2, -0.15) is 0 Å². The monoisotopic (exact) mass is 292 g/mol. The molecule has 1 atom stereocenters. The van der Waals surface area contributed by atoms with Gasteiger partial charge < -0.3 is 15.2 Å². The zero-order valence-corrected chi connectivity index (χ0v) is 11.8. The van der Waals surface area contributed by atoms with E-state index in [-0.39, 0.29) is 0 Å². The standard InChI is InChI=1S/C15H17ClN2O2/c16-9-13-10-17-15(18-11-13)20-14-5-1-3-12(7-8-19)4-2-6-14/h1,4-8,10-11,15,17,19H,2-3,9H2/b5-1?,8-7+,12-4?,14-6?. The van der Waals surface area contributed by atoms with Crippen LogP contribution in [0.3, 0.4) is 0 Å². The fourth-order valence-corrected chi connectivity index (χ4v) is 1.94. The molecule has 1 heterocycles. The minimum absolute atomic E-state index is 0.418. The van der Waals surface area contributed by atoms with Gasteiger partial charge in [0.05, 0.1) is 12.1 Å². The lowest BCUT2D eigenvalue weighted by atomic mass is 10.1. The summed E-state index contributed by atoms with van der Waals surface area (Å²) in [5.74, 6) is 1.20. The van der Waals surface area contributed by atoms with E-state index in [1.807, 2.05) is 30.5 Å². The molecule has 0 saturated heterocycles. The molecule has 20 heavy (non-hydrogen) atoms. The summed E-state index contributed by atoms with van der Waals surface area (Å²) in [7, 11) is 0. The lowest BCUT2D eigenvalue weighted by Crippen LogP contribution is -2.28. The number of ether oxygens (including phenoxy) is 1. The van der Waals surface area contributed by atoms with E-state index in [0.29, 0.717) is 5.88 Å². The number of nitrogens with zero attached hydrogens (tertiary/aromatic N) is 1. The number of aliphatic hydroxyl groups excluding tert-OH is 1. The van der Waals surface area contributed by atoms with Crippen molar-refractivity contribution in [2.75, 3.05) is 5.88 Å². The topological polar surface area (TPSA) is 53.9 Å². The highest BCUT2D eigenvalue weighted by molar-refractivity contribution is 6.21. The van der Waals surface area contributed by atoms with E-state index in [0.717, 1.165) is 36.0 Å². The number of nitrogens with one attached hydrogen (secondary N) is 1. The lowest BCUT2D eigenvalue weighted by molar-refractivity contribution is 0.114. The summed E-state index contributed by atoms with van der Waals surface area (Å²) in [4.78, 5) is 4.23. The highest BCUT2D eigenvalue weighted by Crippen LogP contribution is 2.15. The van der Waals surface area contributed by atoms with Gasteiger partial charge in [-0.3, -0.25) is 0 Å². The number of halogens is 1. The average molecular weight is 293 g/mol. The summed E-state index contributed by atoms with van der Waals surface area (Å²) in [6.45, 7) is 0. The molecule has 0 bridgehead atoms. The van der Waals surface area contributed by atoms with Crippen LogP contribution in [0.4, 0.5) is 0 Å². The first-order chi connectivity index (χ1) is 9.81. The van der Waals surface area contributed by atoms with Crippen molar-refractivity contribution < 1.29 is 9.84 Å². The fraction of sp³-hybridized carbons (Fsp3) is 0.267. The Bertz CT molecular complexity index is 516. The predicted octanol–water partition coefficient (Wildman–Crippen LogP) is 3.32. The molecule has 1 aliphatic heterocycles. The van der Waals surface area contributed by atoms with Crippen LogP contribution < -0.4 is 5.32 Å². The molecule has 0 aromatic heterocycles. The molecule has 2 N–H and O–H groups in total. The van der Waals surface area contributed by atoms with Crippen molar-refractivity contribution in [1.29, 1.82) is 0 Å². The van der Waals surface area contributed by atoms with Crippen molar-refractivity contribution in [2.24, 2.45) is 4.99 Å². The van der Waals surface area contributed by atoms with Gasteiger partial charge >= 0.3 is 0 Å². The van der Waals surface area contributed by atoms with Gasteiger partial charge in [-0.25, -0.2) is 4.99 Å². The van der Waals surface area contributed by atoms with E-state index in [1.54, 1.807) is 12.3 Å². The minimum atomic E-state index is -0.418. The molecule has 0 amide bonds. The number of aliphatic imine (C=N–C) groups is 1. The summed E-state index contributed by atoms with van der Waals surface area (Å²) >= 11 is 5.71. The van der Waals surface area contributed by atoms with E-state index in [9.17, 15) is 0 Å². The van der Waals surface area contributed by atoms with Crippen LogP contribution in [0.25, 0.3) is 0 Å². The van der Waals surface area contributed by atoms with Crippen molar-refractivity contribution in [2.45, 2.75) is 19.2 Å². The summed E-state index contributed by atoms with van der Waals surface area (Å²) in [6, 6.07) is 0. The quantitative estimate of drug-likeness (QED) is 0.617. The SMILES string of the molecule is O/C=C/C1=CCC=C(OC2N=CC(CCl)=CN2)C=CC1. The van der Waals surface area contributed by atoms with Gasteiger partial charge in [-0.15, -0.1) is 11.6 Å². The van der Waals surface area contributed by atoms with Crippen molar-refractivity contribution in [3.63, 3.8) is 0 Å². The molecule has 5 heteroatoms. The molecular formula is C15H17ClN2O2. The summed E-state index contributed by atoms with van der Waals surface area (Å²) < 4.78 is 5.74. The van der Waals surface area contributed by atoms with Crippen molar-refractivity contribution in [3.05, 3.63) is 59.7 Å². The van der Waals surface area contributed by atoms with E-state index < -0.39 is 6.35 Å². The van der Waals surface area contributed by atoms with Crippen LogP contribution in [0.1, 0.15) is 12.8 Å². The molecule has 2 rings (SSSR count). The van der Waals surface area contributed by atoms with Crippen molar-refractivity contribution >= 4 is 17.8 Å². The normalized spacial score (nSPS) is 22.4. The Balaban J connectivity index is 1.93. The van der Waals surface area contributed by atoms with E-state index in [1.165, 1.54) is 0 Å². The van der Waals surface area contributed by atoms with Crippen LogP contribution in [0.5, 0.6) is 0 Å². The summed E-state index contributed by atoms with van der Waals surface area (Å²) in [6.07, 6.45) is 15.3. The van der Waals surface area contributed by atoms with Crippen LogP contribution in [-0.2, 0) is 4.74 Å². The second-order valence-electron chi connectivity index (χ2n) is 4.31. The second-order valence-corrected chi connectivity index (χ2v) is 4.58. The molecule has 0 radical (unpaired) electrons. The van der Waals surface area contributed by atoms with Gasteiger partial charge in [0.2, 0.25) is 0 Å². The molecular weight excluding hydrogens is 276 g/mol. The summed E-state index contributed by atoms with van der Waals surface area (Å²) in [5, 5.41) is 11.8. The minimum Gasteiger partial charge on any atom is -0.516 e. The number of aliphatic hydroxyl groups is 1. The van der Waals surface area contributed by atoms with Gasteiger partial charge in [0.15, 0.2) is 0 Å². The third kappa shape index (κ3) is 4.31. The van der Waals surface area contributed by atoms with Gasteiger partial charge in [-0.1, -0.05) is 12.2 Å². The third-order valence-electron chi connectivity index (χ3n) is 2.81. The third-order valence-corrected chi connectivity index (χ3v) is 3.12. The Labute approximate surface area is 123 Å². The van der Waals surface area contributed by atoms with Gasteiger partial charge in [0.1, 0.15) is 5.76 Å². The maximum absolute atomic E-state index is 8.77. The van der Waals surface area contributed by atoms with Gasteiger partial charge in [0.25, 0.3) is 6.35 Å². The number of hydrogen-bond acceptors (Lipinski definition) is 4. The molecule has 106 valence electrons. The first-order valence-electron chi connectivity index (χ1n) is 6.39. The van der Waals surface area contributed by atoms with Crippen LogP contribution in [0.15, 0.2) is 64.7 Å². The van der Waals surface area contributed by atoms with Crippen molar-refractivity contribution in [1.82, 2.24) is 5.32 Å². The Hall–Kier alpha value is -1.94. The maximum atomic E-state index is 8.77. The number of hydrogen-bond donors (Lipinski definition) is 2. The Morgan fingerprint density at radius 2 is 2.40 bits per heavy atom. The van der Waals surface area contributed by atoms with Crippen LogP contribution in [0.2, 0.25) is 0 Å². The molecule has 2 aliphatic rings. The molecule has 1 aliphatic carbocycles. The Kier molecular flexibility index (Phi) is 5.50. The molecule has 0 saturated carbocycles. The molecule has 4 nitrogen and oxygen atoms in total. The highest BCUT2D eigenvalue weighted by atomic mass is 35.5. The zero-order chi connectivity index (χ0) is 14.2. The van der Waals surface area contributed by atoms with Crippen LogP contribution in [-0.4, -0.2) is 23.6 Å². The molecule has 0 fully saturated rings. The van der Waals surface area contributed by atoms with Gasteiger partial charge in [0, 0.05) is 18.0 Å².